The Morgan fingerprint density at radius 1 is 1.29 bits per heavy atom. The summed E-state index contributed by atoms with van der Waals surface area (Å²) in [4.78, 5) is 11.8. The highest BCUT2D eigenvalue weighted by Gasteiger charge is 2.19. The van der Waals surface area contributed by atoms with E-state index in [0.29, 0.717) is 0 Å². The number of halogens is 1. The molecule has 1 amide bonds. The molecule has 0 aromatic heterocycles. The Labute approximate surface area is 116 Å². The lowest BCUT2D eigenvalue weighted by atomic mass is 10.2. The molecule has 1 saturated carbocycles. The molecule has 1 aliphatic rings. The van der Waals surface area contributed by atoms with Gasteiger partial charge in [0.1, 0.15) is 0 Å². The maximum Gasteiger partial charge on any atom is 0.252 e. The van der Waals surface area contributed by atoms with Crippen LogP contribution in [0.4, 0.5) is 0 Å². The highest BCUT2D eigenvalue weighted by Crippen LogP contribution is 2.18. The number of hydrogen-bond donors (Lipinski definition) is 2. The summed E-state index contributed by atoms with van der Waals surface area (Å²) in [6, 6.07) is 8.40. The molecule has 4 heteroatoms. The van der Waals surface area contributed by atoms with Gasteiger partial charge in [0.2, 0.25) is 0 Å². The lowest BCUT2D eigenvalue weighted by Crippen LogP contribution is -2.28. The summed E-state index contributed by atoms with van der Waals surface area (Å²) in [5.74, 6) is 0.0291. The van der Waals surface area contributed by atoms with Crippen molar-refractivity contribution in [3.05, 3.63) is 33.4 Å². The Balaban J connectivity index is 1.67. The summed E-state index contributed by atoms with van der Waals surface area (Å²) >= 11 is 2.19. The molecule has 0 radical (unpaired) electrons. The van der Waals surface area contributed by atoms with Crippen LogP contribution < -0.4 is 10.6 Å². The van der Waals surface area contributed by atoms with Gasteiger partial charge in [0.05, 0.1) is 5.56 Å². The second-order valence-electron chi connectivity index (χ2n) is 4.32. The molecule has 0 bridgehead atoms. The molecule has 0 unspecified atom stereocenters. The van der Waals surface area contributed by atoms with Gasteiger partial charge >= 0.3 is 0 Å². The van der Waals surface area contributed by atoms with Crippen LogP contribution in [0.25, 0.3) is 0 Å². The summed E-state index contributed by atoms with van der Waals surface area (Å²) in [5, 5.41) is 6.38. The van der Waals surface area contributed by atoms with E-state index in [4.69, 9.17) is 0 Å². The smallest absolute Gasteiger partial charge is 0.252 e. The molecule has 0 aliphatic heterocycles. The van der Waals surface area contributed by atoms with Crippen LogP contribution in [0.2, 0.25) is 0 Å². The van der Waals surface area contributed by atoms with Crippen molar-refractivity contribution >= 4 is 28.5 Å². The van der Waals surface area contributed by atoms with Crippen molar-refractivity contribution in [1.82, 2.24) is 10.6 Å². The lowest BCUT2D eigenvalue weighted by molar-refractivity contribution is 0.0952. The first kappa shape index (κ1) is 12.8. The number of carbonyl (C=O) groups is 1. The quantitative estimate of drug-likeness (QED) is 0.613. The normalized spacial score (nSPS) is 14.6. The van der Waals surface area contributed by atoms with Crippen molar-refractivity contribution in [1.29, 1.82) is 0 Å². The molecule has 0 heterocycles. The number of rotatable bonds is 6. The first-order valence-electron chi connectivity index (χ1n) is 6.03. The molecule has 92 valence electrons. The van der Waals surface area contributed by atoms with Crippen LogP contribution in [0.1, 0.15) is 29.6 Å². The fourth-order valence-corrected chi connectivity index (χ4v) is 2.26. The number of nitrogens with one attached hydrogen (secondary N) is 2. The Kier molecular flexibility index (Phi) is 4.79. The Hall–Kier alpha value is -0.620. The van der Waals surface area contributed by atoms with E-state index in [1.54, 1.807) is 0 Å². The van der Waals surface area contributed by atoms with E-state index in [-0.39, 0.29) is 5.91 Å². The second-order valence-corrected chi connectivity index (χ2v) is 5.48. The minimum Gasteiger partial charge on any atom is -0.352 e. The monoisotopic (exact) mass is 344 g/mol. The van der Waals surface area contributed by atoms with Crippen LogP contribution in [0.3, 0.4) is 0 Å². The number of hydrogen-bond acceptors (Lipinski definition) is 2. The molecule has 0 atom stereocenters. The highest BCUT2D eigenvalue weighted by molar-refractivity contribution is 14.1. The standard InChI is InChI=1S/C13H17IN2O/c14-12-5-2-1-4-11(12)13(17)16-9-3-8-15-10-6-7-10/h1-2,4-5,10,15H,3,6-9H2,(H,16,17). The van der Waals surface area contributed by atoms with Gasteiger partial charge in [-0.3, -0.25) is 4.79 Å². The van der Waals surface area contributed by atoms with E-state index in [1.807, 2.05) is 24.3 Å². The first-order valence-corrected chi connectivity index (χ1v) is 7.11. The minimum atomic E-state index is 0.0291. The fraction of sp³-hybridized carbons (Fsp3) is 0.462. The third-order valence-electron chi connectivity index (χ3n) is 2.77. The van der Waals surface area contributed by atoms with Crippen LogP contribution >= 0.6 is 22.6 Å². The number of amides is 1. The molecule has 2 rings (SSSR count). The van der Waals surface area contributed by atoms with Crippen LogP contribution in [0.15, 0.2) is 24.3 Å². The maximum absolute atomic E-state index is 11.8. The van der Waals surface area contributed by atoms with E-state index < -0.39 is 0 Å². The van der Waals surface area contributed by atoms with Crippen molar-refractivity contribution in [2.45, 2.75) is 25.3 Å². The van der Waals surface area contributed by atoms with Crippen LogP contribution in [-0.4, -0.2) is 25.0 Å². The van der Waals surface area contributed by atoms with Gasteiger partial charge in [0, 0.05) is 16.2 Å². The van der Waals surface area contributed by atoms with Gasteiger partial charge in [-0.1, -0.05) is 12.1 Å². The minimum absolute atomic E-state index is 0.0291. The van der Waals surface area contributed by atoms with Crippen molar-refractivity contribution in [2.75, 3.05) is 13.1 Å². The van der Waals surface area contributed by atoms with E-state index >= 15 is 0 Å². The SMILES string of the molecule is O=C(NCCCNC1CC1)c1ccccc1I. The summed E-state index contributed by atoms with van der Waals surface area (Å²) in [7, 11) is 0. The van der Waals surface area contributed by atoms with E-state index in [0.717, 1.165) is 34.7 Å². The average Bonchev–Trinajstić information content (AvgIpc) is 3.13. The van der Waals surface area contributed by atoms with Crippen LogP contribution in [0, 0.1) is 3.57 Å². The molecule has 1 fully saturated rings. The van der Waals surface area contributed by atoms with Gasteiger partial charge in [-0.15, -0.1) is 0 Å². The van der Waals surface area contributed by atoms with Gasteiger partial charge in [-0.2, -0.15) is 0 Å². The molecule has 17 heavy (non-hydrogen) atoms. The molecule has 3 nitrogen and oxygen atoms in total. The first-order chi connectivity index (χ1) is 8.27. The summed E-state index contributed by atoms with van der Waals surface area (Å²) in [5.41, 5.74) is 0.767. The van der Waals surface area contributed by atoms with Gasteiger partial charge in [-0.05, 0) is 60.5 Å². The molecule has 1 aliphatic carbocycles. The highest BCUT2D eigenvalue weighted by atomic mass is 127. The summed E-state index contributed by atoms with van der Waals surface area (Å²) in [6.07, 6.45) is 3.62. The van der Waals surface area contributed by atoms with E-state index in [2.05, 4.69) is 33.2 Å². The second kappa shape index (κ2) is 6.35. The zero-order valence-corrected chi connectivity index (χ0v) is 11.9. The Morgan fingerprint density at radius 3 is 2.76 bits per heavy atom. The van der Waals surface area contributed by atoms with Crippen molar-refractivity contribution < 1.29 is 4.79 Å². The molecule has 0 saturated heterocycles. The lowest BCUT2D eigenvalue weighted by Gasteiger charge is -2.07. The third kappa shape index (κ3) is 4.27. The predicted octanol–water partition coefficient (Wildman–Crippen LogP) is 2.16. The third-order valence-corrected chi connectivity index (χ3v) is 3.71. The van der Waals surface area contributed by atoms with Crippen LogP contribution in [-0.2, 0) is 0 Å². The average molecular weight is 344 g/mol. The molecule has 1 aromatic carbocycles. The van der Waals surface area contributed by atoms with Crippen LogP contribution in [0.5, 0.6) is 0 Å². The van der Waals surface area contributed by atoms with Gasteiger partial charge < -0.3 is 10.6 Å². The van der Waals surface area contributed by atoms with Gasteiger partial charge in [0.25, 0.3) is 5.91 Å². The topological polar surface area (TPSA) is 41.1 Å². The molecular formula is C13H17IN2O. The van der Waals surface area contributed by atoms with Gasteiger partial charge in [0.15, 0.2) is 0 Å². The molecular weight excluding hydrogens is 327 g/mol. The zero-order chi connectivity index (χ0) is 12.1. The fourth-order valence-electron chi connectivity index (χ4n) is 1.62. The Bertz CT molecular complexity index is 391. The number of benzene rings is 1. The largest absolute Gasteiger partial charge is 0.352 e. The van der Waals surface area contributed by atoms with Crippen molar-refractivity contribution in [2.24, 2.45) is 0 Å². The molecule has 1 aromatic rings. The van der Waals surface area contributed by atoms with Crippen molar-refractivity contribution in [3.8, 4) is 0 Å². The van der Waals surface area contributed by atoms with E-state index in [1.165, 1.54) is 12.8 Å². The zero-order valence-electron chi connectivity index (χ0n) is 9.71. The summed E-state index contributed by atoms with van der Waals surface area (Å²) in [6.45, 7) is 1.74. The molecule has 2 N–H and O–H groups in total. The molecule has 0 spiro atoms. The maximum atomic E-state index is 11.8. The predicted molar refractivity (Wildman–Crippen MR) is 77.1 cm³/mol. The Morgan fingerprint density at radius 2 is 2.06 bits per heavy atom. The van der Waals surface area contributed by atoms with Gasteiger partial charge in [-0.25, -0.2) is 0 Å². The van der Waals surface area contributed by atoms with E-state index in [9.17, 15) is 4.79 Å². The summed E-state index contributed by atoms with van der Waals surface area (Å²) < 4.78 is 0.999. The van der Waals surface area contributed by atoms with Crippen molar-refractivity contribution in [3.63, 3.8) is 0 Å². The number of carbonyl (C=O) groups excluding carboxylic acids is 1.